The monoisotopic (exact) mass is 411 g/mol. The number of rotatable bonds is 6. The van der Waals surface area contributed by atoms with Crippen LogP contribution in [0.15, 0.2) is 77.3 Å². The Bertz CT molecular complexity index is 897. The van der Waals surface area contributed by atoms with E-state index in [1.807, 2.05) is 30.3 Å². The highest BCUT2D eigenvalue weighted by Gasteiger charge is 2.12. The number of nitrogens with one attached hydrogen (secondary N) is 1. The summed E-state index contributed by atoms with van der Waals surface area (Å²) in [4.78, 5) is 12.4. The quantitative estimate of drug-likeness (QED) is 0.597. The van der Waals surface area contributed by atoms with Crippen molar-refractivity contribution in [2.45, 2.75) is 6.42 Å². The molecule has 0 aliphatic carbocycles. The molecular formula is C21H18BrNO3. The van der Waals surface area contributed by atoms with Gasteiger partial charge in [-0.2, -0.15) is 0 Å². The molecule has 4 nitrogen and oxygen atoms in total. The van der Waals surface area contributed by atoms with Crippen LogP contribution in [-0.4, -0.2) is 17.6 Å². The molecule has 2 N–H and O–H groups in total. The predicted octanol–water partition coefficient (Wildman–Crippen LogP) is 5.03. The molecule has 26 heavy (non-hydrogen) atoms. The van der Waals surface area contributed by atoms with Gasteiger partial charge in [0.05, 0.1) is 12.2 Å². The van der Waals surface area contributed by atoms with E-state index in [-0.39, 0.29) is 17.2 Å². The number of hydrogen-bond donors (Lipinski definition) is 2. The second kappa shape index (κ2) is 8.54. The maximum absolute atomic E-state index is 12.4. The minimum absolute atomic E-state index is 0.0686. The van der Waals surface area contributed by atoms with E-state index in [2.05, 4.69) is 33.4 Å². The van der Waals surface area contributed by atoms with Gasteiger partial charge < -0.3 is 15.2 Å². The lowest BCUT2D eigenvalue weighted by Crippen LogP contribution is -2.12. The molecule has 3 aromatic rings. The van der Waals surface area contributed by atoms with Crippen molar-refractivity contribution in [3.63, 3.8) is 0 Å². The summed E-state index contributed by atoms with van der Waals surface area (Å²) in [6, 6.07) is 22.0. The number of phenolic OH excluding ortho intramolecular Hbond substituents is 1. The van der Waals surface area contributed by atoms with Gasteiger partial charge in [-0.05, 0) is 35.9 Å². The van der Waals surface area contributed by atoms with E-state index in [1.165, 1.54) is 11.6 Å². The normalized spacial score (nSPS) is 10.3. The number of hydrogen-bond acceptors (Lipinski definition) is 3. The summed E-state index contributed by atoms with van der Waals surface area (Å²) in [7, 11) is 0. The molecule has 0 aliphatic heterocycles. The molecule has 5 heteroatoms. The number of carbonyl (C=O) groups is 1. The third-order valence-corrected chi connectivity index (χ3v) is 4.29. The van der Waals surface area contributed by atoms with Gasteiger partial charge >= 0.3 is 0 Å². The zero-order valence-corrected chi connectivity index (χ0v) is 15.6. The molecule has 0 unspecified atom stereocenters. The van der Waals surface area contributed by atoms with E-state index in [4.69, 9.17) is 4.74 Å². The molecule has 3 rings (SSSR count). The molecule has 0 atom stereocenters. The second-order valence-corrected chi connectivity index (χ2v) is 6.64. The highest BCUT2D eigenvalue weighted by atomic mass is 79.9. The fourth-order valence-electron chi connectivity index (χ4n) is 2.48. The lowest BCUT2D eigenvalue weighted by atomic mass is 10.2. The van der Waals surface area contributed by atoms with Crippen molar-refractivity contribution in [3.05, 3.63) is 88.4 Å². The first-order chi connectivity index (χ1) is 12.6. The lowest BCUT2D eigenvalue weighted by Gasteiger charge is -2.10. The number of aromatic hydroxyl groups is 1. The standard InChI is InChI=1S/C21H18BrNO3/c22-16-9-10-20(24)19(13-16)21(25)23-17-7-4-8-18(14-17)26-12-11-15-5-2-1-3-6-15/h1-10,13-14,24H,11-12H2,(H,23,25). The van der Waals surface area contributed by atoms with E-state index in [0.717, 1.165) is 10.9 Å². The molecule has 0 aliphatic rings. The summed E-state index contributed by atoms with van der Waals surface area (Å²) >= 11 is 3.30. The summed E-state index contributed by atoms with van der Waals surface area (Å²) in [6.07, 6.45) is 0.809. The minimum atomic E-state index is -0.384. The van der Waals surface area contributed by atoms with Crippen molar-refractivity contribution in [1.29, 1.82) is 0 Å². The first-order valence-corrected chi connectivity index (χ1v) is 8.98. The molecule has 0 heterocycles. The number of ether oxygens (including phenoxy) is 1. The Morgan fingerprint density at radius 1 is 1.00 bits per heavy atom. The van der Waals surface area contributed by atoms with Gasteiger partial charge in [-0.15, -0.1) is 0 Å². The zero-order chi connectivity index (χ0) is 18.4. The van der Waals surface area contributed by atoms with Gasteiger partial charge in [0.2, 0.25) is 0 Å². The van der Waals surface area contributed by atoms with Crippen LogP contribution in [-0.2, 0) is 6.42 Å². The molecule has 3 aromatic carbocycles. The molecule has 0 saturated carbocycles. The first kappa shape index (κ1) is 18.0. The molecule has 0 bridgehead atoms. The molecule has 0 fully saturated rings. The summed E-state index contributed by atoms with van der Waals surface area (Å²) in [5.41, 5.74) is 2.02. The second-order valence-electron chi connectivity index (χ2n) is 5.73. The molecule has 0 spiro atoms. The number of halogens is 1. The maximum atomic E-state index is 12.4. The predicted molar refractivity (Wildman–Crippen MR) is 106 cm³/mol. The van der Waals surface area contributed by atoms with Gasteiger partial charge in [0.1, 0.15) is 11.5 Å². The molecule has 0 radical (unpaired) electrons. The Balaban J connectivity index is 1.62. The highest BCUT2D eigenvalue weighted by Crippen LogP contribution is 2.24. The molecule has 0 saturated heterocycles. The topological polar surface area (TPSA) is 58.6 Å². The van der Waals surface area contributed by atoms with Crippen LogP contribution in [0.1, 0.15) is 15.9 Å². The molecular weight excluding hydrogens is 394 g/mol. The van der Waals surface area contributed by atoms with Crippen LogP contribution in [0.5, 0.6) is 11.5 Å². The SMILES string of the molecule is O=C(Nc1cccc(OCCc2ccccc2)c1)c1cc(Br)ccc1O. The Kier molecular flexibility index (Phi) is 5.92. The average molecular weight is 412 g/mol. The van der Waals surface area contributed by atoms with E-state index in [9.17, 15) is 9.90 Å². The number of amides is 1. The molecule has 1 amide bonds. The van der Waals surface area contributed by atoms with Gasteiger partial charge in [0, 0.05) is 22.6 Å². The number of phenols is 1. The zero-order valence-electron chi connectivity index (χ0n) is 14.0. The highest BCUT2D eigenvalue weighted by molar-refractivity contribution is 9.10. The third-order valence-electron chi connectivity index (χ3n) is 3.80. The summed E-state index contributed by atoms with van der Waals surface area (Å²) in [6.45, 7) is 0.549. The van der Waals surface area contributed by atoms with Gasteiger partial charge in [0.25, 0.3) is 5.91 Å². The average Bonchev–Trinajstić information content (AvgIpc) is 2.65. The Labute approximate surface area is 160 Å². The van der Waals surface area contributed by atoms with Crippen molar-refractivity contribution < 1.29 is 14.6 Å². The van der Waals surface area contributed by atoms with Crippen LogP contribution in [0.4, 0.5) is 5.69 Å². The van der Waals surface area contributed by atoms with Gasteiger partial charge in [-0.3, -0.25) is 4.79 Å². The van der Waals surface area contributed by atoms with Gasteiger partial charge in [0.15, 0.2) is 0 Å². The fourth-order valence-corrected chi connectivity index (χ4v) is 2.84. The Morgan fingerprint density at radius 3 is 2.62 bits per heavy atom. The molecule has 132 valence electrons. The first-order valence-electron chi connectivity index (χ1n) is 8.18. The largest absolute Gasteiger partial charge is 0.507 e. The van der Waals surface area contributed by atoms with Crippen molar-refractivity contribution in [3.8, 4) is 11.5 Å². The van der Waals surface area contributed by atoms with Crippen molar-refractivity contribution >= 4 is 27.5 Å². The lowest BCUT2D eigenvalue weighted by molar-refractivity contribution is 0.102. The Hall–Kier alpha value is -2.79. The maximum Gasteiger partial charge on any atom is 0.259 e. The van der Waals surface area contributed by atoms with E-state index < -0.39 is 0 Å². The van der Waals surface area contributed by atoms with Gasteiger partial charge in [-0.1, -0.05) is 52.3 Å². The van der Waals surface area contributed by atoms with Crippen LogP contribution < -0.4 is 10.1 Å². The van der Waals surface area contributed by atoms with E-state index >= 15 is 0 Å². The number of anilines is 1. The van der Waals surface area contributed by atoms with Crippen molar-refractivity contribution in [2.24, 2.45) is 0 Å². The van der Waals surface area contributed by atoms with Crippen molar-refractivity contribution in [1.82, 2.24) is 0 Å². The van der Waals surface area contributed by atoms with Crippen LogP contribution in [0.3, 0.4) is 0 Å². The van der Waals surface area contributed by atoms with Crippen LogP contribution >= 0.6 is 15.9 Å². The minimum Gasteiger partial charge on any atom is -0.507 e. The van der Waals surface area contributed by atoms with Crippen LogP contribution in [0.2, 0.25) is 0 Å². The van der Waals surface area contributed by atoms with E-state index in [1.54, 1.807) is 24.3 Å². The Morgan fingerprint density at radius 2 is 1.81 bits per heavy atom. The summed E-state index contributed by atoms with van der Waals surface area (Å²) in [5, 5.41) is 12.6. The third kappa shape index (κ3) is 4.86. The number of benzene rings is 3. The molecule has 0 aromatic heterocycles. The van der Waals surface area contributed by atoms with E-state index in [0.29, 0.717) is 18.0 Å². The van der Waals surface area contributed by atoms with Crippen LogP contribution in [0, 0.1) is 0 Å². The van der Waals surface area contributed by atoms with Crippen LogP contribution in [0.25, 0.3) is 0 Å². The summed E-state index contributed by atoms with van der Waals surface area (Å²) in [5.74, 6) is 0.225. The smallest absolute Gasteiger partial charge is 0.259 e. The fraction of sp³-hybridized carbons (Fsp3) is 0.0952. The van der Waals surface area contributed by atoms with Crippen molar-refractivity contribution in [2.75, 3.05) is 11.9 Å². The summed E-state index contributed by atoms with van der Waals surface area (Å²) < 4.78 is 6.49. The van der Waals surface area contributed by atoms with Gasteiger partial charge in [-0.25, -0.2) is 0 Å². The number of carbonyl (C=O) groups excluding carboxylic acids is 1.